The number of aliphatic hydroxyl groups excluding tert-OH is 2. The molecule has 0 radical (unpaired) electrons. The molecule has 188 valence electrons. The van der Waals surface area contributed by atoms with Crippen molar-refractivity contribution in [2.45, 2.75) is 61.3 Å². The van der Waals surface area contributed by atoms with E-state index in [0.717, 1.165) is 18.2 Å². The topological polar surface area (TPSA) is 118 Å². The Balaban J connectivity index is 1.47. The fourth-order valence-electron chi connectivity index (χ4n) is 4.40. The molecule has 2 fully saturated rings. The first kappa shape index (κ1) is 24.2. The zero-order valence-electron chi connectivity index (χ0n) is 18.8. The van der Waals surface area contributed by atoms with E-state index in [2.05, 4.69) is 25.6 Å². The maximum absolute atomic E-state index is 15.1. The van der Waals surface area contributed by atoms with Crippen molar-refractivity contribution in [1.29, 1.82) is 0 Å². The number of aliphatic hydroxyl groups is 2. The van der Waals surface area contributed by atoms with Gasteiger partial charge in [-0.2, -0.15) is 0 Å². The monoisotopic (exact) mass is 510 g/mol. The van der Waals surface area contributed by atoms with E-state index in [1.807, 2.05) is 6.92 Å². The molecule has 1 aliphatic heterocycles. The number of nitrogens with zero attached hydrogens (tertiary/aromatic N) is 5. The van der Waals surface area contributed by atoms with E-state index in [-0.39, 0.29) is 17.6 Å². The number of fused-ring (bicyclic) bond motifs is 1. The summed E-state index contributed by atoms with van der Waals surface area (Å²) < 4.78 is 48.8. The largest absolute Gasteiger partial charge is 0.394 e. The normalized spacial score (nSPS) is 28.1. The highest BCUT2D eigenvalue weighted by Gasteiger charge is 2.47. The quantitative estimate of drug-likeness (QED) is 0.295. The van der Waals surface area contributed by atoms with E-state index in [9.17, 15) is 19.0 Å². The van der Waals surface area contributed by atoms with Crippen LogP contribution in [0.5, 0.6) is 0 Å². The molecule has 3 heterocycles. The van der Waals surface area contributed by atoms with Crippen LogP contribution in [0.2, 0.25) is 0 Å². The second-order valence-corrected chi connectivity index (χ2v) is 9.75. The van der Waals surface area contributed by atoms with Gasteiger partial charge in [0.25, 0.3) is 0 Å². The van der Waals surface area contributed by atoms with Crippen LogP contribution in [-0.4, -0.2) is 78.6 Å². The van der Waals surface area contributed by atoms with Gasteiger partial charge in [-0.25, -0.2) is 27.8 Å². The fourth-order valence-corrected chi connectivity index (χ4v) is 5.10. The Labute approximate surface area is 203 Å². The minimum Gasteiger partial charge on any atom is -0.394 e. The Kier molecular flexibility index (Phi) is 6.84. The Hall–Kier alpha value is -2.48. The number of rotatable bonds is 9. The second kappa shape index (κ2) is 9.88. The molecule has 5 rings (SSSR count). The van der Waals surface area contributed by atoms with Crippen molar-refractivity contribution in [2.75, 3.05) is 24.3 Å². The number of ether oxygens (including phenoxy) is 1. The van der Waals surface area contributed by atoms with Crippen LogP contribution in [0, 0.1) is 11.6 Å². The van der Waals surface area contributed by atoms with Crippen molar-refractivity contribution in [3.05, 3.63) is 35.4 Å². The van der Waals surface area contributed by atoms with E-state index in [0.29, 0.717) is 28.5 Å². The Morgan fingerprint density at radius 1 is 1.17 bits per heavy atom. The van der Waals surface area contributed by atoms with Gasteiger partial charge in [-0.3, -0.25) is 0 Å². The zero-order valence-corrected chi connectivity index (χ0v) is 19.6. The molecule has 1 saturated carbocycles. The summed E-state index contributed by atoms with van der Waals surface area (Å²) >= 11 is 1.43. The minimum absolute atomic E-state index is 0.0283. The summed E-state index contributed by atoms with van der Waals surface area (Å²) in [6.07, 6.45) is -2.06. The zero-order chi connectivity index (χ0) is 24.7. The van der Waals surface area contributed by atoms with Crippen LogP contribution in [0.4, 0.5) is 19.0 Å². The third-order valence-corrected chi connectivity index (χ3v) is 7.33. The van der Waals surface area contributed by atoms with E-state index in [4.69, 9.17) is 4.74 Å². The lowest BCUT2D eigenvalue weighted by molar-refractivity contribution is -0.0273. The lowest BCUT2D eigenvalue weighted by Gasteiger charge is -2.18. The van der Waals surface area contributed by atoms with Crippen molar-refractivity contribution in [1.82, 2.24) is 25.0 Å². The molecule has 0 amide bonds. The van der Waals surface area contributed by atoms with Crippen LogP contribution in [0.15, 0.2) is 23.4 Å². The summed E-state index contributed by atoms with van der Waals surface area (Å²) in [5, 5.41) is 31.2. The molecule has 13 heteroatoms. The summed E-state index contributed by atoms with van der Waals surface area (Å²) in [4.78, 5) is 9.13. The number of hydrogen-bond acceptors (Lipinski definition) is 9. The summed E-state index contributed by atoms with van der Waals surface area (Å²) in [6.45, 7) is 1.03. The third-order valence-electron chi connectivity index (χ3n) is 6.28. The number of thioether (sulfide) groups is 1. The van der Waals surface area contributed by atoms with Gasteiger partial charge in [0.2, 0.25) is 0 Å². The summed E-state index contributed by atoms with van der Waals surface area (Å²) in [5.41, 5.74) is 1.28. The van der Waals surface area contributed by atoms with Gasteiger partial charge < -0.3 is 20.3 Å². The molecule has 6 atom stereocenters. The molecule has 0 unspecified atom stereocenters. The summed E-state index contributed by atoms with van der Waals surface area (Å²) in [5.74, 6) is -0.643. The number of halogens is 3. The molecule has 1 aliphatic carbocycles. The predicted octanol–water partition coefficient (Wildman–Crippen LogP) is 2.60. The fraction of sp³-hybridized carbons (Fsp3) is 0.545. The maximum Gasteiger partial charge on any atom is 0.191 e. The van der Waals surface area contributed by atoms with Gasteiger partial charge in [0.1, 0.15) is 18.2 Å². The van der Waals surface area contributed by atoms with E-state index in [1.54, 1.807) is 6.07 Å². The van der Waals surface area contributed by atoms with Crippen LogP contribution in [0.1, 0.15) is 37.3 Å². The first-order chi connectivity index (χ1) is 16.9. The lowest BCUT2D eigenvalue weighted by atomic mass is 10.1. The molecule has 1 saturated heterocycles. The number of alkyl halides is 1. The average Bonchev–Trinajstić information content (AvgIpc) is 3.37. The SMILES string of the molecule is CCCSc1nc(N[C@@H]2C[C@H]2c2ccc(F)c(F)c2)c2nnn([C@@H]3[C@H](F)[C@H](CO)O[C@H]3CO)c2n1. The molecule has 3 aromatic rings. The van der Waals surface area contributed by atoms with Crippen LogP contribution < -0.4 is 5.32 Å². The molecular formula is C22H25F3N6O3S. The minimum atomic E-state index is -1.62. The molecule has 3 N–H and O–H groups in total. The van der Waals surface area contributed by atoms with E-state index < -0.39 is 49.3 Å². The smallest absolute Gasteiger partial charge is 0.191 e. The first-order valence-corrected chi connectivity index (χ1v) is 12.4. The number of benzene rings is 1. The van der Waals surface area contributed by atoms with E-state index in [1.165, 1.54) is 22.5 Å². The highest BCUT2D eigenvalue weighted by molar-refractivity contribution is 7.99. The lowest BCUT2D eigenvalue weighted by Crippen LogP contribution is -2.30. The molecule has 35 heavy (non-hydrogen) atoms. The standard InChI is InChI=1S/C22H25F3N6O3S/c1-2-5-35-22-27-20(26-14-7-11(14)10-3-4-12(23)13(24)6-10)18-21(28-22)31(30-29-18)19-16(9-33)34-15(8-32)17(19)25/h3-4,6,11,14-17,19,32-33H,2,5,7-9H2,1H3,(H,26,27,28)/t11-,14+,15-,16-,17+,19-/m0/s1. The second-order valence-electron chi connectivity index (χ2n) is 8.69. The van der Waals surface area contributed by atoms with Crippen LogP contribution in [-0.2, 0) is 4.74 Å². The predicted molar refractivity (Wildman–Crippen MR) is 122 cm³/mol. The van der Waals surface area contributed by atoms with Gasteiger partial charge in [0.05, 0.1) is 13.2 Å². The summed E-state index contributed by atoms with van der Waals surface area (Å²) in [6, 6.07) is 2.77. The Bertz CT molecular complexity index is 1210. The van der Waals surface area contributed by atoms with Crippen molar-refractivity contribution < 1.29 is 28.1 Å². The van der Waals surface area contributed by atoms with Gasteiger partial charge in [-0.15, -0.1) is 5.10 Å². The molecular weight excluding hydrogens is 485 g/mol. The molecule has 1 aromatic carbocycles. The number of aromatic nitrogens is 5. The van der Waals surface area contributed by atoms with Gasteiger partial charge in [0, 0.05) is 17.7 Å². The van der Waals surface area contributed by atoms with Crippen molar-refractivity contribution in [3.8, 4) is 0 Å². The van der Waals surface area contributed by atoms with Crippen molar-refractivity contribution >= 4 is 28.7 Å². The third kappa shape index (κ3) is 4.57. The molecule has 2 aliphatic rings. The number of nitrogens with one attached hydrogen (secondary N) is 1. The molecule has 2 aromatic heterocycles. The Morgan fingerprint density at radius 2 is 1.97 bits per heavy atom. The van der Waals surface area contributed by atoms with Crippen molar-refractivity contribution in [3.63, 3.8) is 0 Å². The van der Waals surface area contributed by atoms with Crippen molar-refractivity contribution in [2.24, 2.45) is 0 Å². The van der Waals surface area contributed by atoms with E-state index >= 15 is 4.39 Å². The molecule has 0 spiro atoms. The summed E-state index contributed by atoms with van der Waals surface area (Å²) in [7, 11) is 0. The van der Waals surface area contributed by atoms with Gasteiger partial charge in [-0.05, 0) is 30.5 Å². The molecule has 0 bridgehead atoms. The highest BCUT2D eigenvalue weighted by Crippen LogP contribution is 2.44. The Morgan fingerprint density at radius 3 is 2.69 bits per heavy atom. The van der Waals surface area contributed by atoms with Crippen LogP contribution in [0.25, 0.3) is 11.2 Å². The highest BCUT2D eigenvalue weighted by atomic mass is 32.2. The van der Waals surface area contributed by atoms with Gasteiger partial charge >= 0.3 is 0 Å². The molecule has 9 nitrogen and oxygen atoms in total. The van der Waals surface area contributed by atoms with Crippen LogP contribution >= 0.6 is 11.8 Å². The van der Waals surface area contributed by atoms with Gasteiger partial charge in [-0.1, -0.05) is 30.0 Å². The van der Waals surface area contributed by atoms with Crippen LogP contribution in [0.3, 0.4) is 0 Å². The van der Waals surface area contributed by atoms with Gasteiger partial charge in [0.15, 0.2) is 39.9 Å². The number of anilines is 1. The number of hydrogen-bond donors (Lipinski definition) is 3. The average molecular weight is 511 g/mol. The first-order valence-electron chi connectivity index (χ1n) is 11.4. The maximum atomic E-state index is 15.1.